The zero-order valence-corrected chi connectivity index (χ0v) is 19.2. The Kier molecular flexibility index (Phi) is 6.85. The van der Waals surface area contributed by atoms with E-state index in [1.165, 1.54) is 26.4 Å². The summed E-state index contributed by atoms with van der Waals surface area (Å²) in [5, 5.41) is 14.6. The number of methoxy groups -OCH3 is 2. The van der Waals surface area contributed by atoms with Crippen molar-refractivity contribution < 1.29 is 19.2 Å². The second kappa shape index (κ2) is 9.97. The number of thiazole rings is 1. The first-order valence-corrected chi connectivity index (χ1v) is 11.3. The molecule has 2 aromatic carbocycles. The van der Waals surface area contributed by atoms with Gasteiger partial charge in [0.15, 0.2) is 11.5 Å². The first-order chi connectivity index (χ1) is 16.0. The van der Waals surface area contributed by atoms with Gasteiger partial charge in [-0.3, -0.25) is 19.8 Å². The molecule has 0 N–H and O–H groups in total. The van der Waals surface area contributed by atoms with Gasteiger partial charge in [-0.15, -0.1) is 11.3 Å². The maximum absolute atomic E-state index is 13.1. The smallest absolute Gasteiger partial charge is 0.286 e. The lowest BCUT2D eigenvalue weighted by molar-refractivity contribution is -0.385. The molecule has 1 aliphatic heterocycles. The number of piperazine rings is 1. The van der Waals surface area contributed by atoms with E-state index >= 15 is 0 Å². The first kappa shape index (κ1) is 22.7. The molecule has 172 valence electrons. The molecule has 1 aromatic heterocycles. The fourth-order valence-corrected chi connectivity index (χ4v) is 4.63. The number of nitro groups is 1. The third-order valence-corrected chi connectivity index (χ3v) is 6.40. The molecule has 0 radical (unpaired) electrons. The first-order valence-electron chi connectivity index (χ1n) is 10.4. The molecule has 1 amide bonds. The highest BCUT2D eigenvalue weighted by molar-refractivity contribution is 7.09. The second-order valence-electron chi connectivity index (χ2n) is 7.54. The molecule has 0 unspecified atom stereocenters. The number of aromatic nitrogens is 1. The zero-order chi connectivity index (χ0) is 23.4. The molecule has 2 heterocycles. The minimum atomic E-state index is -0.571. The third kappa shape index (κ3) is 4.96. The highest BCUT2D eigenvalue weighted by Crippen LogP contribution is 2.35. The van der Waals surface area contributed by atoms with Crippen molar-refractivity contribution >= 4 is 22.9 Å². The quantitative estimate of drug-likeness (QED) is 0.385. The van der Waals surface area contributed by atoms with Crippen molar-refractivity contribution in [3.8, 4) is 22.8 Å². The maximum Gasteiger partial charge on any atom is 0.286 e. The Labute approximate surface area is 195 Å². The van der Waals surface area contributed by atoms with Gasteiger partial charge in [-0.2, -0.15) is 0 Å². The Morgan fingerprint density at radius 3 is 2.39 bits per heavy atom. The number of amides is 1. The van der Waals surface area contributed by atoms with Crippen LogP contribution in [0, 0.1) is 10.1 Å². The Morgan fingerprint density at radius 1 is 1.09 bits per heavy atom. The van der Waals surface area contributed by atoms with Crippen LogP contribution in [0.4, 0.5) is 5.69 Å². The number of carbonyl (C=O) groups excluding carboxylic acids is 1. The lowest BCUT2D eigenvalue weighted by atomic mass is 10.1. The summed E-state index contributed by atoms with van der Waals surface area (Å²) in [7, 11) is 2.83. The van der Waals surface area contributed by atoms with Crippen molar-refractivity contribution in [3.05, 3.63) is 68.5 Å². The predicted molar refractivity (Wildman–Crippen MR) is 125 cm³/mol. The van der Waals surface area contributed by atoms with Gasteiger partial charge in [0.1, 0.15) is 10.6 Å². The third-order valence-electron chi connectivity index (χ3n) is 5.57. The van der Waals surface area contributed by atoms with E-state index in [0.29, 0.717) is 32.7 Å². The van der Waals surface area contributed by atoms with Gasteiger partial charge >= 0.3 is 0 Å². The molecule has 10 heteroatoms. The fourth-order valence-electron chi connectivity index (χ4n) is 3.79. The van der Waals surface area contributed by atoms with E-state index < -0.39 is 4.92 Å². The number of nitro benzene ring substituents is 1. The number of benzene rings is 2. The number of hydrogen-bond acceptors (Lipinski definition) is 8. The predicted octanol–water partition coefficient (Wildman–Crippen LogP) is 3.69. The number of carbonyl (C=O) groups is 1. The molecule has 0 aliphatic carbocycles. The second-order valence-corrected chi connectivity index (χ2v) is 8.48. The minimum absolute atomic E-state index is 0.00136. The van der Waals surface area contributed by atoms with E-state index in [9.17, 15) is 14.9 Å². The van der Waals surface area contributed by atoms with Crippen molar-refractivity contribution in [2.24, 2.45) is 0 Å². The molecule has 0 bridgehead atoms. The van der Waals surface area contributed by atoms with Crippen LogP contribution in [-0.2, 0) is 6.54 Å². The van der Waals surface area contributed by atoms with Crippen molar-refractivity contribution in [2.75, 3.05) is 40.4 Å². The molecule has 0 atom stereocenters. The molecule has 9 nitrogen and oxygen atoms in total. The minimum Gasteiger partial charge on any atom is -0.493 e. The van der Waals surface area contributed by atoms with Gasteiger partial charge in [0.2, 0.25) is 0 Å². The van der Waals surface area contributed by atoms with Crippen LogP contribution in [0.25, 0.3) is 11.3 Å². The summed E-state index contributed by atoms with van der Waals surface area (Å²) in [5.74, 6) is 0.106. The molecule has 1 fully saturated rings. The molecule has 33 heavy (non-hydrogen) atoms. The molecule has 4 rings (SSSR count). The van der Waals surface area contributed by atoms with Crippen molar-refractivity contribution in [1.82, 2.24) is 14.8 Å². The van der Waals surface area contributed by atoms with E-state index in [1.54, 1.807) is 16.2 Å². The number of hydrogen-bond donors (Lipinski definition) is 0. The van der Waals surface area contributed by atoms with Gasteiger partial charge in [0, 0.05) is 43.2 Å². The van der Waals surface area contributed by atoms with Gasteiger partial charge in [0.05, 0.1) is 37.4 Å². The molecule has 1 saturated heterocycles. The summed E-state index contributed by atoms with van der Waals surface area (Å²) in [6, 6.07) is 12.7. The van der Waals surface area contributed by atoms with Crippen LogP contribution in [0.1, 0.15) is 15.4 Å². The Hall–Kier alpha value is -3.50. The molecule has 3 aromatic rings. The topological polar surface area (TPSA) is 98.0 Å². The molecule has 0 spiro atoms. The largest absolute Gasteiger partial charge is 0.493 e. The van der Waals surface area contributed by atoms with Gasteiger partial charge in [0.25, 0.3) is 11.6 Å². The van der Waals surface area contributed by atoms with Crippen molar-refractivity contribution in [3.63, 3.8) is 0 Å². The van der Waals surface area contributed by atoms with Crippen molar-refractivity contribution in [2.45, 2.75) is 6.54 Å². The average Bonchev–Trinajstić information content (AvgIpc) is 3.32. The summed E-state index contributed by atoms with van der Waals surface area (Å²) >= 11 is 1.62. The highest BCUT2D eigenvalue weighted by Gasteiger charge is 2.30. The van der Waals surface area contributed by atoms with Crippen LogP contribution in [0.2, 0.25) is 0 Å². The zero-order valence-electron chi connectivity index (χ0n) is 18.4. The van der Waals surface area contributed by atoms with E-state index in [0.717, 1.165) is 16.3 Å². The molecule has 0 saturated carbocycles. The van der Waals surface area contributed by atoms with E-state index in [2.05, 4.69) is 10.3 Å². The average molecular weight is 469 g/mol. The standard InChI is InChI=1S/C23H24N4O5S/c1-31-20-12-17(19(27(29)30)13-21(20)32-2)23(28)26-10-8-25(9-11-26)14-22-24-18(15-33-22)16-6-4-3-5-7-16/h3-7,12-13,15H,8-11,14H2,1-2H3. The van der Waals surface area contributed by atoms with Gasteiger partial charge in [-0.1, -0.05) is 30.3 Å². The lowest BCUT2D eigenvalue weighted by Crippen LogP contribution is -2.48. The van der Waals surface area contributed by atoms with Crippen LogP contribution < -0.4 is 9.47 Å². The highest BCUT2D eigenvalue weighted by atomic mass is 32.1. The summed E-state index contributed by atoms with van der Waals surface area (Å²) in [6.07, 6.45) is 0. The number of rotatable bonds is 7. The maximum atomic E-state index is 13.1. The Bertz CT molecular complexity index is 1140. The van der Waals surface area contributed by atoms with Crippen molar-refractivity contribution in [1.29, 1.82) is 0 Å². The van der Waals surface area contributed by atoms with Crippen LogP contribution in [0.15, 0.2) is 47.8 Å². The summed E-state index contributed by atoms with van der Waals surface area (Å²) in [4.78, 5) is 32.7. The summed E-state index contributed by atoms with van der Waals surface area (Å²) in [5.41, 5.74) is 1.76. The summed E-state index contributed by atoms with van der Waals surface area (Å²) < 4.78 is 10.4. The van der Waals surface area contributed by atoms with Crippen LogP contribution in [0.3, 0.4) is 0 Å². The SMILES string of the molecule is COc1cc(C(=O)N2CCN(Cc3nc(-c4ccccc4)cs3)CC2)c([N+](=O)[O-])cc1OC. The number of nitrogens with zero attached hydrogens (tertiary/aromatic N) is 4. The monoisotopic (exact) mass is 468 g/mol. The molecular formula is C23H24N4O5S. The Balaban J connectivity index is 1.42. The fraction of sp³-hybridized carbons (Fsp3) is 0.304. The van der Waals surface area contributed by atoms with Crippen LogP contribution in [0.5, 0.6) is 11.5 Å². The molecule has 1 aliphatic rings. The van der Waals surface area contributed by atoms with Gasteiger partial charge in [-0.25, -0.2) is 4.98 Å². The van der Waals surface area contributed by atoms with E-state index in [1.807, 2.05) is 30.3 Å². The summed E-state index contributed by atoms with van der Waals surface area (Å²) in [6.45, 7) is 2.97. The lowest BCUT2D eigenvalue weighted by Gasteiger charge is -2.34. The van der Waals surface area contributed by atoms with E-state index in [4.69, 9.17) is 14.5 Å². The van der Waals surface area contributed by atoms with E-state index in [-0.39, 0.29) is 28.7 Å². The van der Waals surface area contributed by atoms with Crippen LogP contribution in [-0.4, -0.2) is 66.0 Å². The molecular weight excluding hydrogens is 444 g/mol. The number of ether oxygens (including phenoxy) is 2. The van der Waals surface area contributed by atoms with Gasteiger partial charge < -0.3 is 14.4 Å². The Morgan fingerprint density at radius 2 is 1.76 bits per heavy atom. The van der Waals surface area contributed by atoms with Gasteiger partial charge in [-0.05, 0) is 0 Å². The van der Waals surface area contributed by atoms with Crippen LogP contribution >= 0.6 is 11.3 Å². The normalized spacial score (nSPS) is 14.2.